The van der Waals surface area contributed by atoms with Gasteiger partial charge in [-0.05, 0) is 69.1 Å². The van der Waals surface area contributed by atoms with Gasteiger partial charge in [0.2, 0.25) is 0 Å². The monoisotopic (exact) mass is 666 g/mol. The van der Waals surface area contributed by atoms with Crippen molar-refractivity contribution in [3.63, 3.8) is 0 Å². The van der Waals surface area contributed by atoms with Crippen molar-refractivity contribution in [3.05, 3.63) is 0 Å². The Morgan fingerprint density at radius 3 is 1.32 bits per heavy atom. The molecule has 9 nitrogen and oxygen atoms in total. The quantitative estimate of drug-likeness (QED) is 0.249. The van der Waals surface area contributed by atoms with Crippen LogP contribution in [0.4, 0.5) is 0 Å². The molecule has 9 unspecified atom stereocenters. The van der Waals surface area contributed by atoms with Crippen LogP contribution in [0, 0.1) is 53.3 Å². The van der Waals surface area contributed by atoms with Gasteiger partial charge in [-0.3, -0.25) is 9.59 Å². The highest BCUT2D eigenvalue weighted by atomic mass is 16.7. The smallest absolute Gasteiger partial charge is 0.162 e. The molecule has 0 spiro atoms. The van der Waals surface area contributed by atoms with E-state index in [4.69, 9.17) is 33.2 Å². The molecule has 4 heterocycles. The zero-order chi connectivity index (χ0) is 35.1. The number of hydrogen-bond donors (Lipinski definition) is 0. The molecule has 4 rings (SSSR count). The first-order valence-electron chi connectivity index (χ1n) is 18.6. The van der Waals surface area contributed by atoms with E-state index in [0.717, 1.165) is 12.8 Å². The molecule has 0 amide bonds. The van der Waals surface area contributed by atoms with E-state index in [1.165, 1.54) is 0 Å². The Morgan fingerprint density at radius 1 is 0.447 bits per heavy atom. The third kappa shape index (κ3) is 7.87. The van der Waals surface area contributed by atoms with Crippen LogP contribution in [0.1, 0.15) is 110 Å². The number of carbonyl (C=O) groups excluding carboxylic acids is 2. The Bertz CT molecular complexity index is 1050. The number of carbonyl (C=O) groups is 2. The minimum absolute atomic E-state index is 0.0202. The molecule has 0 aromatic carbocycles. The molecule has 0 aliphatic carbocycles. The van der Waals surface area contributed by atoms with E-state index >= 15 is 0 Å². The van der Waals surface area contributed by atoms with Crippen LogP contribution >= 0.6 is 0 Å². The first-order chi connectivity index (χ1) is 22.0. The number of rotatable bonds is 10. The SMILES string of the molecule is CCC1OC(C)C(C)[C@@H](C)[C@@H]1O[C@@H]1OC(C(C)=O)[C@@H](O[C@H]2OC(CC)[C@@H](O[C@@H]3OC(C(C)=O)[C@@H](C)[C@H](C)C3C)[C@H](C)C2C)[C@@H](C)C1C. The fourth-order valence-corrected chi connectivity index (χ4v) is 8.37. The summed E-state index contributed by atoms with van der Waals surface area (Å²) < 4.78 is 46.1. The molecule has 20 atom stereocenters. The van der Waals surface area contributed by atoms with Gasteiger partial charge in [-0.25, -0.2) is 0 Å². The highest BCUT2D eigenvalue weighted by Gasteiger charge is 2.52. The molecule has 9 heteroatoms. The van der Waals surface area contributed by atoms with Crippen LogP contribution in [0.5, 0.6) is 0 Å². The van der Waals surface area contributed by atoms with Crippen LogP contribution in [-0.4, -0.2) is 79.3 Å². The van der Waals surface area contributed by atoms with Gasteiger partial charge in [0.05, 0.1) is 36.6 Å². The lowest BCUT2D eigenvalue weighted by Gasteiger charge is -2.51. The van der Waals surface area contributed by atoms with Gasteiger partial charge < -0.3 is 33.2 Å². The second kappa shape index (κ2) is 15.9. The average Bonchev–Trinajstić information content (AvgIpc) is 3.03. The Morgan fingerprint density at radius 2 is 0.830 bits per heavy atom. The molecule has 0 aromatic rings. The van der Waals surface area contributed by atoms with Crippen LogP contribution in [0.2, 0.25) is 0 Å². The van der Waals surface area contributed by atoms with Crippen molar-refractivity contribution in [2.75, 3.05) is 0 Å². The number of ketones is 2. The molecular formula is C38H66O9. The maximum atomic E-state index is 13.1. The van der Waals surface area contributed by atoms with Crippen molar-refractivity contribution in [1.82, 2.24) is 0 Å². The van der Waals surface area contributed by atoms with Gasteiger partial charge in [-0.15, -0.1) is 0 Å². The van der Waals surface area contributed by atoms with Crippen molar-refractivity contribution in [2.45, 2.75) is 177 Å². The fourth-order valence-electron chi connectivity index (χ4n) is 8.37. The summed E-state index contributed by atoms with van der Waals surface area (Å²) in [4.78, 5) is 25.5. The first kappa shape index (κ1) is 38.9. The molecule has 0 N–H and O–H groups in total. The van der Waals surface area contributed by atoms with Crippen molar-refractivity contribution in [1.29, 1.82) is 0 Å². The first-order valence-corrected chi connectivity index (χ1v) is 18.6. The van der Waals surface area contributed by atoms with E-state index < -0.39 is 37.2 Å². The fraction of sp³-hybridized carbons (Fsp3) is 0.947. The highest BCUT2D eigenvalue weighted by Crippen LogP contribution is 2.44. The van der Waals surface area contributed by atoms with Gasteiger partial charge in [-0.2, -0.15) is 0 Å². The van der Waals surface area contributed by atoms with Crippen LogP contribution < -0.4 is 0 Å². The normalized spacial score (nSPS) is 51.0. The molecule has 4 aliphatic heterocycles. The molecule has 4 saturated heterocycles. The van der Waals surface area contributed by atoms with Crippen LogP contribution in [0.3, 0.4) is 0 Å². The summed E-state index contributed by atoms with van der Waals surface area (Å²) in [5.41, 5.74) is 0. The summed E-state index contributed by atoms with van der Waals surface area (Å²) in [6, 6.07) is 0. The second-order valence-corrected chi connectivity index (χ2v) is 15.8. The van der Waals surface area contributed by atoms with E-state index in [1.807, 2.05) is 0 Å². The number of Topliss-reactive ketones (excluding diaryl/α,β-unsaturated/α-hetero) is 2. The molecule has 0 bridgehead atoms. The lowest BCUT2D eigenvalue weighted by atomic mass is 9.77. The van der Waals surface area contributed by atoms with E-state index in [9.17, 15) is 9.59 Å². The van der Waals surface area contributed by atoms with Crippen molar-refractivity contribution in [3.8, 4) is 0 Å². The van der Waals surface area contributed by atoms with Gasteiger partial charge in [-0.1, -0.05) is 76.2 Å². The van der Waals surface area contributed by atoms with E-state index in [0.29, 0.717) is 11.8 Å². The minimum Gasteiger partial charge on any atom is -0.372 e. The third-order valence-electron chi connectivity index (χ3n) is 13.0. The summed E-state index contributed by atoms with van der Waals surface area (Å²) >= 11 is 0. The van der Waals surface area contributed by atoms with Crippen molar-refractivity contribution in [2.24, 2.45) is 53.3 Å². The van der Waals surface area contributed by atoms with Gasteiger partial charge >= 0.3 is 0 Å². The zero-order valence-corrected chi connectivity index (χ0v) is 31.6. The lowest BCUT2D eigenvalue weighted by molar-refractivity contribution is -0.350. The molecule has 0 aromatic heterocycles. The van der Waals surface area contributed by atoms with Crippen LogP contribution in [-0.2, 0) is 42.7 Å². The average molecular weight is 667 g/mol. The predicted molar refractivity (Wildman–Crippen MR) is 179 cm³/mol. The van der Waals surface area contributed by atoms with Crippen molar-refractivity contribution < 1.29 is 42.7 Å². The Labute approximate surface area is 284 Å². The number of hydrogen-bond acceptors (Lipinski definition) is 9. The molecule has 0 radical (unpaired) electrons. The molecule has 4 aliphatic rings. The van der Waals surface area contributed by atoms with Gasteiger partial charge in [0, 0.05) is 17.8 Å². The summed E-state index contributed by atoms with van der Waals surface area (Å²) in [6.45, 7) is 28.9. The topological polar surface area (TPSA) is 98.8 Å². The van der Waals surface area contributed by atoms with Gasteiger partial charge in [0.1, 0.15) is 12.2 Å². The van der Waals surface area contributed by atoms with E-state index in [1.54, 1.807) is 13.8 Å². The molecular weight excluding hydrogens is 600 g/mol. The lowest BCUT2D eigenvalue weighted by Crippen LogP contribution is -2.60. The largest absolute Gasteiger partial charge is 0.372 e. The summed E-state index contributed by atoms with van der Waals surface area (Å²) in [5.74, 6) is 1.13. The molecule has 47 heavy (non-hydrogen) atoms. The minimum atomic E-state index is -0.772. The summed E-state index contributed by atoms with van der Waals surface area (Å²) in [5, 5.41) is 0. The number of ether oxygens (including phenoxy) is 7. The van der Waals surface area contributed by atoms with Gasteiger partial charge in [0.25, 0.3) is 0 Å². The van der Waals surface area contributed by atoms with E-state index in [2.05, 4.69) is 83.1 Å². The maximum Gasteiger partial charge on any atom is 0.162 e. The summed E-state index contributed by atoms with van der Waals surface area (Å²) in [6.07, 6.45) is -2.17. The maximum absolute atomic E-state index is 13.1. The predicted octanol–water partition coefficient (Wildman–Crippen LogP) is 6.83. The van der Waals surface area contributed by atoms with Gasteiger partial charge in [0.15, 0.2) is 30.4 Å². The molecule has 0 saturated carbocycles. The van der Waals surface area contributed by atoms with Crippen LogP contribution in [0.15, 0.2) is 0 Å². The third-order valence-corrected chi connectivity index (χ3v) is 13.0. The van der Waals surface area contributed by atoms with Crippen molar-refractivity contribution >= 4 is 11.6 Å². The standard InChI is InChI=1S/C38H66O9/c1-15-29-32(20(6)18(4)28(14)41-29)44-38-25(11)22(8)34(35(47-38)27(13)40)46-36-24(10)21(7)33(30(16-2)42-36)45-37-23(9)17(3)19(5)31(43-37)26(12)39/h17-25,28-38H,15-16H2,1-14H3/t17-,18?,19-,20+,21+,22-,23?,24?,25?,28?,29?,30?,31?,32-,33-,34-,35?,36+,37-,38+/m0/s1. The van der Waals surface area contributed by atoms with Crippen LogP contribution in [0.25, 0.3) is 0 Å². The summed E-state index contributed by atoms with van der Waals surface area (Å²) in [7, 11) is 0. The second-order valence-electron chi connectivity index (χ2n) is 15.8. The molecule has 272 valence electrons. The zero-order valence-electron chi connectivity index (χ0n) is 31.6. The Balaban J connectivity index is 1.47. The Kier molecular flexibility index (Phi) is 13.2. The molecule has 4 fully saturated rings. The highest BCUT2D eigenvalue weighted by molar-refractivity contribution is 5.81. The Hall–Kier alpha value is -0.940. The van der Waals surface area contributed by atoms with E-state index in [-0.39, 0.29) is 83.5 Å².